The van der Waals surface area contributed by atoms with Crippen LogP contribution in [0.15, 0.2) is 11.6 Å². The maximum atomic E-state index is 13.1. The summed E-state index contributed by atoms with van der Waals surface area (Å²) in [5.74, 6) is -1.25. The molecule has 4 saturated carbocycles. The average molecular weight is 1090 g/mol. The molecule has 8 fully saturated rings. The molecule has 4 saturated heterocycles. The van der Waals surface area contributed by atoms with Crippen LogP contribution in [-0.2, 0) is 47.4 Å². The van der Waals surface area contributed by atoms with E-state index in [9.17, 15) is 71.2 Å². The molecule has 0 aromatic heterocycles. The van der Waals surface area contributed by atoms with Crippen molar-refractivity contribution < 1.29 is 114 Å². The second-order valence-corrected chi connectivity index (χ2v) is 25.5. The Hall–Kier alpha value is -1.63. The number of esters is 1. The van der Waals surface area contributed by atoms with Crippen LogP contribution in [0, 0.1) is 50.2 Å². The number of carbonyl (C=O) groups is 1. The van der Waals surface area contributed by atoms with Gasteiger partial charge < -0.3 is 109 Å². The molecule has 4 aliphatic heterocycles. The molecule has 76 heavy (non-hydrogen) atoms. The van der Waals surface area contributed by atoms with Gasteiger partial charge in [-0.2, -0.15) is 0 Å². The number of fused-ring (bicyclic) bond motifs is 7. The Morgan fingerprint density at radius 3 is 1.91 bits per heavy atom. The van der Waals surface area contributed by atoms with Crippen molar-refractivity contribution in [1.29, 1.82) is 0 Å². The van der Waals surface area contributed by atoms with Crippen molar-refractivity contribution in [2.24, 2.45) is 50.2 Å². The van der Waals surface area contributed by atoms with Gasteiger partial charge in [-0.25, -0.2) is 4.79 Å². The van der Waals surface area contributed by atoms with Crippen LogP contribution in [0.2, 0.25) is 0 Å². The van der Waals surface area contributed by atoms with Gasteiger partial charge in [-0.15, -0.1) is 0 Å². The van der Waals surface area contributed by atoms with Gasteiger partial charge in [0.25, 0.3) is 0 Å². The first-order valence-corrected chi connectivity index (χ1v) is 27.3. The van der Waals surface area contributed by atoms with Crippen molar-refractivity contribution in [1.82, 2.24) is 0 Å². The third-order valence-electron chi connectivity index (χ3n) is 21.5. The fourth-order valence-electron chi connectivity index (χ4n) is 16.2. The molecule has 13 N–H and O–H groups in total. The van der Waals surface area contributed by atoms with E-state index in [1.54, 1.807) is 0 Å². The van der Waals surface area contributed by atoms with Gasteiger partial charge in [0, 0.05) is 16.2 Å². The van der Waals surface area contributed by atoms with Crippen LogP contribution in [0.4, 0.5) is 0 Å². The average Bonchev–Trinajstić information content (AvgIpc) is 3.43. The highest BCUT2D eigenvalue weighted by atomic mass is 16.8. The summed E-state index contributed by atoms with van der Waals surface area (Å²) in [5, 5.41) is 143. The first kappa shape index (κ1) is 59.0. The quantitative estimate of drug-likeness (QED) is 0.0595. The molecule has 0 aromatic carbocycles. The summed E-state index contributed by atoms with van der Waals surface area (Å²) >= 11 is 0. The third-order valence-corrected chi connectivity index (χ3v) is 21.5. The van der Waals surface area contributed by atoms with Crippen LogP contribution in [0.3, 0.4) is 0 Å². The summed E-state index contributed by atoms with van der Waals surface area (Å²) in [5.41, 5.74) is -2.48. The Kier molecular flexibility index (Phi) is 16.5. The molecule has 0 amide bonds. The van der Waals surface area contributed by atoms with Crippen LogP contribution in [-0.4, -0.2) is 235 Å². The lowest BCUT2D eigenvalue weighted by Gasteiger charge is -2.72. The second kappa shape index (κ2) is 21.3. The lowest BCUT2D eigenvalue weighted by Crippen LogP contribution is -2.69. The lowest BCUT2D eigenvalue weighted by molar-refractivity contribution is -0.387. The molecule has 5 aliphatic carbocycles. The fourth-order valence-corrected chi connectivity index (χ4v) is 16.2. The maximum absolute atomic E-state index is 13.1. The highest BCUT2D eigenvalue weighted by Gasteiger charge is 2.71. The van der Waals surface area contributed by atoms with Crippen molar-refractivity contribution in [3.8, 4) is 0 Å². The molecule has 0 aromatic rings. The van der Waals surface area contributed by atoms with Gasteiger partial charge >= 0.3 is 5.97 Å². The Balaban J connectivity index is 0.985. The van der Waals surface area contributed by atoms with E-state index < -0.39 is 158 Å². The molecule has 0 bridgehead atoms. The number of carbonyl (C=O) groups excluding carboxylic acids is 1. The number of rotatable bonds is 11. The predicted octanol–water partition coefficient (Wildman–Crippen LogP) is -2.16. The summed E-state index contributed by atoms with van der Waals surface area (Å²) in [4.78, 5) is 13.1. The zero-order chi connectivity index (χ0) is 55.6. The van der Waals surface area contributed by atoms with E-state index in [0.29, 0.717) is 38.5 Å². The largest absolute Gasteiger partial charge is 0.467 e. The van der Waals surface area contributed by atoms with Gasteiger partial charge in [-0.05, 0) is 92.3 Å². The van der Waals surface area contributed by atoms with Gasteiger partial charge in [0.1, 0.15) is 73.2 Å². The predicted molar refractivity (Wildman–Crippen MR) is 258 cm³/mol. The van der Waals surface area contributed by atoms with E-state index >= 15 is 0 Å². The minimum atomic E-state index is -1.94. The molecule has 0 radical (unpaired) electrons. The first-order chi connectivity index (χ1) is 35.6. The molecule has 9 rings (SSSR count). The van der Waals surface area contributed by atoms with Crippen molar-refractivity contribution in [3.63, 3.8) is 0 Å². The summed E-state index contributed by atoms with van der Waals surface area (Å²) in [7, 11) is 1.08. The molecule has 30 atom stereocenters. The Bertz CT molecular complexity index is 2100. The summed E-state index contributed by atoms with van der Waals surface area (Å²) < 4.78 is 53.8. The highest BCUT2D eigenvalue weighted by Crippen LogP contribution is 2.76. The molecule has 23 heteroatoms. The molecule has 9 aliphatic rings. The van der Waals surface area contributed by atoms with E-state index in [0.717, 1.165) is 20.0 Å². The van der Waals surface area contributed by atoms with E-state index in [-0.39, 0.29) is 53.8 Å². The van der Waals surface area contributed by atoms with Crippen LogP contribution in [0.1, 0.15) is 99.8 Å². The number of ether oxygens (including phenoxy) is 9. The molecule has 23 nitrogen and oxygen atoms in total. The summed E-state index contributed by atoms with van der Waals surface area (Å²) in [6, 6.07) is 0. The van der Waals surface area contributed by atoms with E-state index in [1.165, 1.54) is 12.5 Å². The molecule has 0 unspecified atom stereocenters. The Morgan fingerprint density at radius 2 is 1.25 bits per heavy atom. The van der Waals surface area contributed by atoms with E-state index in [4.69, 9.17) is 42.6 Å². The van der Waals surface area contributed by atoms with E-state index in [1.807, 2.05) is 13.8 Å². The first-order valence-electron chi connectivity index (χ1n) is 27.3. The molecule has 4 heterocycles. The zero-order valence-electron chi connectivity index (χ0n) is 44.8. The molecule has 0 spiro atoms. The molecule has 436 valence electrons. The van der Waals surface area contributed by atoms with Gasteiger partial charge in [-0.1, -0.05) is 53.2 Å². The minimum Gasteiger partial charge on any atom is -0.467 e. The topological polar surface area (TPSA) is 363 Å². The van der Waals surface area contributed by atoms with Crippen LogP contribution in [0.5, 0.6) is 0 Å². The number of aliphatic hydroxyl groups is 13. The Labute approximate surface area is 442 Å². The van der Waals surface area contributed by atoms with Gasteiger partial charge in [0.2, 0.25) is 0 Å². The van der Waals surface area contributed by atoms with Gasteiger partial charge in [0.15, 0.2) is 31.3 Å². The minimum absolute atomic E-state index is 0.0942. The second-order valence-electron chi connectivity index (χ2n) is 25.5. The van der Waals surface area contributed by atoms with Gasteiger partial charge in [-0.3, -0.25) is 0 Å². The summed E-state index contributed by atoms with van der Waals surface area (Å²) in [6.07, 6.45) is -24.7. The summed E-state index contributed by atoms with van der Waals surface area (Å²) in [6.45, 7) is 12.8. The van der Waals surface area contributed by atoms with Gasteiger partial charge in [0.05, 0.1) is 58.0 Å². The normalized spacial score (nSPS) is 56.5. The van der Waals surface area contributed by atoms with Crippen molar-refractivity contribution in [3.05, 3.63) is 11.6 Å². The number of hydrogen-bond acceptors (Lipinski definition) is 23. The standard InChI is InChI=1S/C53H86O23/c1-22-30(58)33(61)37(65)45(71-22)74-39-32(60)26(57)19-70-46(39)75-40-35(63)34(62)38(43(67)68-8)73-47(40)72-29-12-13-50(4)27(51(29,5)21-55)11-14-53(7)28(50)10-9-23-24-17-48(2,20-54)41(66)42(49(24,3)15-16-52(23,53)6)76-44-36(64)31(59)25(56)18-69-44/h9,22,24-42,44-47,54-66H,10-21H2,1-8H3/t22-,24-,25-,26-,27+,28+,29-,30-,31-,32-,33+,34-,35-,36+,37+,38-,39+,40+,41-,42+,44-,45-,46-,47+,48+,49+,50-,51+,52+,53+/m0/s1. The molecular formula is C53H86O23. The fraction of sp³-hybridized carbons (Fsp3) is 0.943. The third kappa shape index (κ3) is 9.18. The maximum Gasteiger partial charge on any atom is 0.337 e. The van der Waals surface area contributed by atoms with Crippen LogP contribution >= 0.6 is 0 Å². The van der Waals surface area contributed by atoms with Crippen molar-refractivity contribution >= 4 is 5.97 Å². The monoisotopic (exact) mass is 1090 g/mol. The van der Waals surface area contributed by atoms with E-state index in [2.05, 4.69) is 33.8 Å². The van der Waals surface area contributed by atoms with Crippen molar-refractivity contribution in [2.45, 2.75) is 229 Å². The SMILES string of the molecule is COC(=O)[C@H]1O[C@@H](O[C@H]2CC[C@@]3(C)[C@@H](CC[C@]4(C)[C@@H]3CC=C3[C@@H]5C[C@](C)(CO)[C@@H](O)[C@@H](O[C@@H]6OC[C@H](O)[C@H](O)[C@H]6O)[C@]5(C)CC[C@]34C)[C@@]2(C)CO)[C@H](O[C@@H]2OC[C@H](O)[C@H](O)[C@H]2O[C@@H]2O[C@@H](C)[C@H](O)[C@@H](O)[C@H]2O)[C@@H](O)[C@@H]1O. The van der Waals surface area contributed by atoms with Crippen LogP contribution < -0.4 is 0 Å². The molecular weight excluding hydrogens is 1000 g/mol. The van der Waals surface area contributed by atoms with Crippen molar-refractivity contribution in [2.75, 3.05) is 33.5 Å². The Morgan fingerprint density at radius 1 is 0.618 bits per heavy atom. The highest BCUT2D eigenvalue weighted by molar-refractivity contribution is 5.75. The number of methoxy groups -OCH3 is 1. The number of hydrogen-bond donors (Lipinski definition) is 13. The smallest absolute Gasteiger partial charge is 0.337 e. The number of aliphatic hydroxyl groups excluding tert-OH is 13. The number of allylic oxidation sites excluding steroid dienone is 2. The zero-order valence-corrected chi connectivity index (χ0v) is 44.8. The van der Waals surface area contributed by atoms with Crippen LogP contribution in [0.25, 0.3) is 0 Å². The lowest BCUT2D eigenvalue weighted by atomic mass is 9.33.